The maximum absolute atomic E-state index is 12.7. The molecule has 1 fully saturated rings. The SMILES string of the molecule is CC1Cc2ccccc2N(C(=O)[C@@H]2CCCNC2)C1. The molecule has 1 aromatic rings. The van der Waals surface area contributed by atoms with E-state index in [2.05, 4.69) is 30.4 Å². The van der Waals surface area contributed by atoms with Crippen molar-refractivity contribution in [2.45, 2.75) is 26.2 Å². The monoisotopic (exact) mass is 258 g/mol. The highest BCUT2D eigenvalue weighted by atomic mass is 16.2. The molecule has 0 spiro atoms. The van der Waals surface area contributed by atoms with Crippen LogP contribution in [0.15, 0.2) is 24.3 Å². The molecule has 3 heteroatoms. The molecule has 2 heterocycles. The number of fused-ring (bicyclic) bond motifs is 1. The van der Waals surface area contributed by atoms with Crippen molar-refractivity contribution in [1.29, 1.82) is 0 Å². The topological polar surface area (TPSA) is 32.3 Å². The highest BCUT2D eigenvalue weighted by Gasteiger charge is 2.31. The Morgan fingerprint density at radius 3 is 3.00 bits per heavy atom. The fourth-order valence-corrected chi connectivity index (χ4v) is 3.29. The van der Waals surface area contributed by atoms with Crippen LogP contribution in [-0.4, -0.2) is 25.5 Å². The van der Waals surface area contributed by atoms with E-state index in [9.17, 15) is 4.79 Å². The lowest BCUT2D eigenvalue weighted by Crippen LogP contribution is -2.46. The fraction of sp³-hybridized carbons (Fsp3) is 0.562. The summed E-state index contributed by atoms with van der Waals surface area (Å²) in [5.74, 6) is 1.02. The molecule has 2 aliphatic rings. The second-order valence-corrected chi connectivity index (χ2v) is 5.93. The molecule has 1 aromatic carbocycles. The van der Waals surface area contributed by atoms with E-state index in [1.165, 1.54) is 5.56 Å². The molecule has 1 unspecified atom stereocenters. The number of hydrogen-bond donors (Lipinski definition) is 1. The molecule has 3 rings (SSSR count). The molecule has 1 saturated heterocycles. The van der Waals surface area contributed by atoms with Crippen LogP contribution in [0.5, 0.6) is 0 Å². The molecule has 19 heavy (non-hydrogen) atoms. The lowest BCUT2D eigenvalue weighted by atomic mass is 9.91. The largest absolute Gasteiger partial charge is 0.316 e. The number of benzene rings is 1. The summed E-state index contributed by atoms with van der Waals surface area (Å²) in [4.78, 5) is 14.8. The van der Waals surface area contributed by atoms with Gasteiger partial charge >= 0.3 is 0 Å². The average Bonchev–Trinajstić information content (AvgIpc) is 2.46. The van der Waals surface area contributed by atoms with Gasteiger partial charge in [0.25, 0.3) is 0 Å². The van der Waals surface area contributed by atoms with Crippen molar-refractivity contribution in [2.24, 2.45) is 11.8 Å². The molecule has 102 valence electrons. The summed E-state index contributed by atoms with van der Waals surface area (Å²) in [6.45, 7) is 4.99. The predicted octanol–water partition coefficient (Wildman–Crippen LogP) is 2.21. The Balaban J connectivity index is 1.85. The molecule has 0 radical (unpaired) electrons. The van der Waals surface area contributed by atoms with E-state index >= 15 is 0 Å². The fourth-order valence-electron chi connectivity index (χ4n) is 3.29. The van der Waals surface area contributed by atoms with E-state index in [0.29, 0.717) is 11.8 Å². The maximum Gasteiger partial charge on any atom is 0.231 e. The summed E-state index contributed by atoms with van der Waals surface area (Å²) in [5, 5.41) is 3.34. The van der Waals surface area contributed by atoms with Gasteiger partial charge in [0.2, 0.25) is 5.91 Å². The summed E-state index contributed by atoms with van der Waals surface area (Å²) in [6.07, 6.45) is 3.23. The molecular formula is C16H22N2O. The minimum atomic E-state index is 0.159. The minimum absolute atomic E-state index is 0.159. The van der Waals surface area contributed by atoms with Gasteiger partial charge in [-0.05, 0) is 43.4 Å². The van der Waals surface area contributed by atoms with Gasteiger partial charge in [-0.3, -0.25) is 4.79 Å². The first-order valence-corrected chi connectivity index (χ1v) is 7.35. The van der Waals surface area contributed by atoms with Gasteiger partial charge in [-0.2, -0.15) is 0 Å². The van der Waals surface area contributed by atoms with Crippen LogP contribution in [0.4, 0.5) is 5.69 Å². The molecular weight excluding hydrogens is 236 g/mol. The van der Waals surface area contributed by atoms with Crippen LogP contribution in [0.1, 0.15) is 25.3 Å². The second-order valence-electron chi connectivity index (χ2n) is 5.93. The van der Waals surface area contributed by atoms with Crippen LogP contribution in [0.25, 0.3) is 0 Å². The van der Waals surface area contributed by atoms with Crippen molar-refractivity contribution >= 4 is 11.6 Å². The molecule has 2 atom stereocenters. The normalized spacial score (nSPS) is 26.9. The standard InChI is InChI=1S/C16H22N2O/c1-12-9-13-5-2-3-7-15(13)18(11-12)16(19)14-6-4-8-17-10-14/h2-3,5,7,12,14,17H,4,6,8-11H2,1H3/t12?,14-/m1/s1. The van der Waals surface area contributed by atoms with E-state index in [-0.39, 0.29) is 5.92 Å². The Kier molecular flexibility index (Phi) is 3.56. The van der Waals surface area contributed by atoms with Gasteiger partial charge in [0.15, 0.2) is 0 Å². The zero-order chi connectivity index (χ0) is 13.2. The predicted molar refractivity (Wildman–Crippen MR) is 77.3 cm³/mol. The van der Waals surface area contributed by atoms with Crippen LogP contribution >= 0.6 is 0 Å². The zero-order valence-corrected chi connectivity index (χ0v) is 11.6. The Hall–Kier alpha value is -1.35. The molecule has 0 saturated carbocycles. The number of nitrogens with one attached hydrogen (secondary N) is 1. The third-order valence-electron chi connectivity index (χ3n) is 4.26. The van der Waals surface area contributed by atoms with E-state index in [1.807, 2.05) is 11.0 Å². The number of hydrogen-bond acceptors (Lipinski definition) is 2. The van der Waals surface area contributed by atoms with Crippen LogP contribution < -0.4 is 10.2 Å². The van der Waals surface area contributed by atoms with Gasteiger partial charge in [0.1, 0.15) is 0 Å². The van der Waals surface area contributed by atoms with Gasteiger partial charge < -0.3 is 10.2 Å². The average molecular weight is 258 g/mol. The van der Waals surface area contributed by atoms with Crippen molar-refractivity contribution in [3.05, 3.63) is 29.8 Å². The third-order valence-corrected chi connectivity index (χ3v) is 4.26. The number of anilines is 1. The first-order chi connectivity index (χ1) is 9.25. The Labute approximate surface area is 115 Å². The van der Waals surface area contributed by atoms with Crippen molar-refractivity contribution in [3.63, 3.8) is 0 Å². The van der Waals surface area contributed by atoms with Crippen LogP contribution in [0.3, 0.4) is 0 Å². The first-order valence-electron chi connectivity index (χ1n) is 7.35. The summed E-state index contributed by atoms with van der Waals surface area (Å²) in [7, 11) is 0. The van der Waals surface area contributed by atoms with E-state index in [0.717, 1.165) is 44.6 Å². The molecule has 0 bridgehead atoms. The maximum atomic E-state index is 12.7. The Morgan fingerprint density at radius 2 is 2.21 bits per heavy atom. The lowest BCUT2D eigenvalue weighted by Gasteiger charge is -2.36. The zero-order valence-electron chi connectivity index (χ0n) is 11.6. The summed E-state index contributed by atoms with van der Waals surface area (Å²) < 4.78 is 0. The van der Waals surface area contributed by atoms with Gasteiger partial charge in [0.05, 0.1) is 5.92 Å². The van der Waals surface area contributed by atoms with Crippen molar-refractivity contribution in [1.82, 2.24) is 5.32 Å². The van der Waals surface area contributed by atoms with E-state index in [1.54, 1.807) is 0 Å². The molecule has 0 aliphatic carbocycles. The van der Waals surface area contributed by atoms with E-state index < -0.39 is 0 Å². The smallest absolute Gasteiger partial charge is 0.231 e. The number of para-hydroxylation sites is 1. The number of nitrogens with zero attached hydrogens (tertiary/aromatic N) is 1. The quantitative estimate of drug-likeness (QED) is 0.837. The molecule has 3 nitrogen and oxygen atoms in total. The molecule has 0 aromatic heterocycles. The van der Waals surface area contributed by atoms with Crippen molar-refractivity contribution in [2.75, 3.05) is 24.5 Å². The minimum Gasteiger partial charge on any atom is -0.316 e. The summed E-state index contributed by atoms with van der Waals surface area (Å²) >= 11 is 0. The number of carbonyl (C=O) groups excluding carboxylic acids is 1. The number of amides is 1. The van der Waals surface area contributed by atoms with Gasteiger partial charge in [-0.1, -0.05) is 25.1 Å². The molecule has 1 N–H and O–H groups in total. The lowest BCUT2D eigenvalue weighted by molar-refractivity contribution is -0.123. The van der Waals surface area contributed by atoms with Crippen molar-refractivity contribution < 1.29 is 4.79 Å². The van der Waals surface area contributed by atoms with Crippen LogP contribution in [0.2, 0.25) is 0 Å². The Bertz CT molecular complexity index is 466. The number of rotatable bonds is 1. The summed E-state index contributed by atoms with van der Waals surface area (Å²) in [5.41, 5.74) is 2.45. The highest BCUT2D eigenvalue weighted by molar-refractivity contribution is 5.96. The third kappa shape index (κ3) is 2.52. The van der Waals surface area contributed by atoms with E-state index in [4.69, 9.17) is 0 Å². The van der Waals surface area contributed by atoms with Gasteiger partial charge in [-0.25, -0.2) is 0 Å². The van der Waals surface area contributed by atoms with Crippen molar-refractivity contribution in [3.8, 4) is 0 Å². The van der Waals surface area contributed by atoms with Gasteiger partial charge in [0, 0.05) is 18.8 Å². The molecule has 2 aliphatic heterocycles. The van der Waals surface area contributed by atoms with Crippen LogP contribution in [0, 0.1) is 11.8 Å². The second kappa shape index (κ2) is 5.33. The number of carbonyl (C=O) groups is 1. The first kappa shape index (κ1) is 12.7. The summed E-state index contributed by atoms with van der Waals surface area (Å²) in [6, 6.07) is 8.36. The Morgan fingerprint density at radius 1 is 1.37 bits per heavy atom. The van der Waals surface area contributed by atoms with Crippen LogP contribution in [-0.2, 0) is 11.2 Å². The number of piperidine rings is 1. The van der Waals surface area contributed by atoms with Gasteiger partial charge in [-0.15, -0.1) is 0 Å². The highest BCUT2D eigenvalue weighted by Crippen LogP contribution is 2.31. The molecule has 1 amide bonds.